The number of rotatable bonds is 5. The highest BCUT2D eigenvalue weighted by atomic mass is 32.2. The molecule has 0 fully saturated rings. The molecule has 17 heavy (non-hydrogen) atoms. The van der Waals surface area contributed by atoms with Crippen molar-refractivity contribution in [1.82, 2.24) is 10.3 Å². The van der Waals surface area contributed by atoms with Crippen molar-refractivity contribution in [3.05, 3.63) is 17.8 Å². The number of aromatic nitrogens is 1. The van der Waals surface area contributed by atoms with Crippen molar-refractivity contribution < 1.29 is 12.8 Å². The maximum Gasteiger partial charge on any atom is 0.211 e. The lowest BCUT2D eigenvalue weighted by molar-refractivity contribution is 0.375. The highest BCUT2D eigenvalue weighted by molar-refractivity contribution is 7.91. The van der Waals surface area contributed by atoms with E-state index in [9.17, 15) is 8.42 Å². The molecule has 0 aliphatic rings. The first-order chi connectivity index (χ1) is 7.70. The monoisotopic (exact) mass is 260 g/mol. The van der Waals surface area contributed by atoms with Crippen LogP contribution in [0.2, 0.25) is 0 Å². The Morgan fingerprint density at radius 3 is 2.59 bits per heavy atom. The molecule has 1 unspecified atom stereocenters. The van der Waals surface area contributed by atoms with Crippen LogP contribution in [-0.4, -0.2) is 26.2 Å². The lowest BCUT2D eigenvalue weighted by atomic mass is 10.2. The number of oxazole rings is 1. The molecule has 5 nitrogen and oxygen atoms in total. The minimum absolute atomic E-state index is 0.0240. The summed E-state index contributed by atoms with van der Waals surface area (Å²) < 4.78 is 27.8. The Kier molecular flexibility index (Phi) is 3.99. The fourth-order valence-electron chi connectivity index (χ4n) is 1.34. The third-order valence-corrected chi connectivity index (χ3v) is 4.98. The van der Waals surface area contributed by atoms with Crippen LogP contribution in [0.5, 0.6) is 0 Å². The standard InChI is InChI=1S/C11H20N2O3S/c1-6-12-8(2)10-13-7-9(16-10)11(3,4)17(5,14)15/h7-8,12H,6H2,1-5H3. The molecule has 0 saturated heterocycles. The molecule has 6 heteroatoms. The third-order valence-electron chi connectivity index (χ3n) is 2.92. The van der Waals surface area contributed by atoms with Gasteiger partial charge < -0.3 is 9.73 Å². The van der Waals surface area contributed by atoms with Crippen LogP contribution < -0.4 is 5.32 Å². The molecule has 0 spiro atoms. The Bertz CT molecular complexity index is 477. The van der Waals surface area contributed by atoms with Crippen LogP contribution in [-0.2, 0) is 14.6 Å². The highest BCUT2D eigenvalue weighted by Gasteiger charge is 2.36. The smallest absolute Gasteiger partial charge is 0.211 e. The molecule has 1 N–H and O–H groups in total. The maximum atomic E-state index is 11.7. The molecular formula is C11H20N2O3S. The molecular weight excluding hydrogens is 240 g/mol. The summed E-state index contributed by atoms with van der Waals surface area (Å²) in [6.45, 7) is 7.94. The van der Waals surface area contributed by atoms with Crippen molar-refractivity contribution in [3.8, 4) is 0 Å². The van der Waals surface area contributed by atoms with Crippen molar-refractivity contribution in [2.75, 3.05) is 12.8 Å². The maximum absolute atomic E-state index is 11.7. The quantitative estimate of drug-likeness (QED) is 0.871. The van der Waals surface area contributed by atoms with Crippen molar-refractivity contribution in [2.45, 2.75) is 38.5 Å². The molecule has 0 aliphatic carbocycles. The van der Waals surface area contributed by atoms with Crippen molar-refractivity contribution in [3.63, 3.8) is 0 Å². The molecule has 1 aromatic heterocycles. The van der Waals surface area contributed by atoms with Crippen LogP contribution in [0, 0.1) is 0 Å². The Hall–Kier alpha value is -0.880. The molecule has 98 valence electrons. The molecule has 0 aromatic carbocycles. The van der Waals surface area contributed by atoms with E-state index in [0.717, 1.165) is 6.54 Å². The Morgan fingerprint density at radius 2 is 2.12 bits per heavy atom. The summed E-state index contributed by atoms with van der Waals surface area (Å²) in [4.78, 5) is 4.12. The summed E-state index contributed by atoms with van der Waals surface area (Å²) in [6, 6.07) is -0.0240. The largest absolute Gasteiger partial charge is 0.442 e. The van der Waals surface area contributed by atoms with Crippen LogP contribution >= 0.6 is 0 Å². The van der Waals surface area contributed by atoms with Gasteiger partial charge in [-0.25, -0.2) is 13.4 Å². The fraction of sp³-hybridized carbons (Fsp3) is 0.727. The Labute approximate surface area is 103 Å². The first-order valence-corrected chi connectivity index (χ1v) is 7.48. The molecule has 0 bridgehead atoms. The summed E-state index contributed by atoms with van der Waals surface area (Å²) in [7, 11) is -3.23. The molecule has 1 atom stereocenters. The molecule has 1 aromatic rings. The van der Waals surface area contributed by atoms with Gasteiger partial charge in [0.1, 0.15) is 10.5 Å². The van der Waals surface area contributed by atoms with Crippen molar-refractivity contribution >= 4 is 9.84 Å². The van der Waals surface area contributed by atoms with E-state index in [0.29, 0.717) is 11.7 Å². The van der Waals surface area contributed by atoms with E-state index in [1.54, 1.807) is 13.8 Å². The van der Waals surface area contributed by atoms with Crippen LogP contribution in [0.15, 0.2) is 10.6 Å². The summed E-state index contributed by atoms with van der Waals surface area (Å²) >= 11 is 0. The minimum atomic E-state index is -3.23. The average Bonchev–Trinajstić information content (AvgIpc) is 2.65. The number of nitrogens with one attached hydrogen (secondary N) is 1. The minimum Gasteiger partial charge on any atom is -0.442 e. The molecule has 0 aliphatic heterocycles. The van der Waals surface area contributed by atoms with E-state index in [4.69, 9.17) is 4.42 Å². The number of nitrogens with zero attached hydrogens (tertiary/aromatic N) is 1. The van der Waals surface area contributed by atoms with Crippen LogP contribution in [0.3, 0.4) is 0 Å². The van der Waals surface area contributed by atoms with E-state index < -0.39 is 14.6 Å². The Balaban J connectivity index is 3.03. The van der Waals surface area contributed by atoms with Crippen LogP contribution in [0.25, 0.3) is 0 Å². The summed E-state index contributed by atoms with van der Waals surface area (Å²) in [5, 5.41) is 3.16. The summed E-state index contributed by atoms with van der Waals surface area (Å²) in [6.07, 6.45) is 2.69. The van der Waals surface area contributed by atoms with E-state index in [-0.39, 0.29) is 6.04 Å². The topological polar surface area (TPSA) is 72.2 Å². The van der Waals surface area contributed by atoms with Gasteiger partial charge in [-0.05, 0) is 27.3 Å². The average molecular weight is 260 g/mol. The second kappa shape index (κ2) is 4.78. The lowest BCUT2D eigenvalue weighted by Crippen LogP contribution is -2.27. The van der Waals surface area contributed by atoms with E-state index in [1.807, 2.05) is 13.8 Å². The second-order valence-electron chi connectivity index (χ2n) is 4.62. The zero-order valence-corrected chi connectivity index (χ0v) is 11.8. The van der Waals surface area contributed by atoms with Gasteiger partial charge in [0.2, 0.25) is 5.89 Å². The fourth-order valence-corrected chi connectivity index (χ4v) is 1.80. The van der Waals surface area contributed by atoms with Gasteiger partial charge in [0.15, 0.2) is 9.84 Å². The van der Waals surface area contributed by atoms with Crippen LogP contribution in [0.1, 0.15) is 45.4 Å². The SMILES string of the molecule is CCNC(C)c1ncc(C(C)(C)S(C)(=O)=O)o1. The number of hydrogen-bond donors (Lipinski definition) is 1. The molecule has 0 saturated carbocycles. The summed E-state index contributed by atoms with van der Waals surface area (Å²) in [5.41, 5.74) is 0. The molecule has 1 heterocycles. The van der Waals surface area contributed by atoms with Gasteiger partial charge in [0.25, 0.3) is 0 Å². The second-order valence-corrected chi connectivity index (χ2v) is 7.19. The van der Waals surface area contributed by atoms with Gasteiger partial charge in [-0.15, -0.1) is 0 Å². The van der Waals surface area contributed by atoms with Gasteiger partial charge in [-0.3, -0.25) is 0 Å². The van der Waals surface area contributed by atoms with Crippen LogP contribution in [0.4, 0.5) is 0 Å². The highest BCUT2D eigenvalue weighted by Crippen LogP contribution is 2.30. The summed E-state index contributed by atoms with van der Waals surface area (Å²) in [5.74, 6) is 0.887. The predicted octanol–water partition coefficient (Wildman–Crippen LogP) is 1.62. The van der Waals surface area contributed by atoms with E-state index in [1.165, 1.54) is 12.5 Å². The Morgan fingerprint density at radius 1 is 1.53 bits per heavy atom. The van der Waals surface area contributed by atoms with Gasteiger partial charge in [0.05, 0.1) is 12.2 Å². The number of hydrogen-bond acceptors (Lipinski definition) is 5. The molecule has 0 radical (unpaired) electrons. The van der Waals surface area contributed by atoms with Crippen molar-refractivity contribution in [1.29, 1.82) is 0 Å². The van der Waals surface area contributed by atoms with E-state index in [2.05, 4.69) is 10.3 Å². The lowest BCUT2D eigenvalue weighted by Gasteiger charge is -2.19. The molecule has 1 rings (SSSR count). The van der Waals surface area contributed by atoms with Gasteiger partial charge >= 0.3 is 0 Å². The third kappa shape index (κ3) is 2.87. The predicted molar refractivity (Wildman–Crippen MR) is 66.5 cm³/mol. The van der Waals surface area contributed by atoms with E-state index >= 15 is 0 Å². The van der Waals surface area contributed by atoms with Gasteiger partial charge in [-0.2, -0.15) is 0 Å². The molecule has 0 amide bonds. The normalized spacial score (nSPS) is 14.9. The zero-order chi connectivity index (χ0) is 13.3. The first kappa shape index (κ1) is 14.2. The van der Waals surface area contributed by atoms with Gasteiger partial charge in [-0.1, -0.05) is 6.92 Å². The van der Waals surface area contributed by atoms with Crippen molar-refractivity contribution in [2.24, 2.45) is 0 Å². The van der Waals surface area contributed by atoms with Gasteiger partial charge in [0, 0.05) is 6.26 Å². The number of sulfone groups is 1. The first-order valence-electron chi connectivity index (χ1n) is 5.59. The zero-order valence-electron chi connectivity index (χ0n) is 10.9.